The van der Waals surface area contributed by atoms with Gasteiger partial charge in [-0.2, -0.15) is 0 Å². The Bertz CT molecular complexity index is 844. The average Bonchev–Trinajstić information content (AvgIpc) is 2.78. The molecule has 0 aromatic heterocycles. The van der Waals surface area contributed by atoms with Gasteiger partial charge < -0.3 is 31.9 Å². The Morgan fingerprint density at radius 1 is 1.06 bits per heavy atom. The lowest BCUT2D eigenvalue weighted by Gasteiger charge is -2.24. The van der Waals surface area contributed by atoms with Gasteiger partial charge in [0.1, 0.15) is 12.1 Å². The van der Waals surface area contributed by atoms with Crippen LogP contribution in [-0.4, -0.2) is 52.1 Å². The Kier molecular flexibility index (Phi) is 11.6. The standard InChI is InChI=1S/C23H34N4O6/c1-4-14(3)20(24)22(31)26-17(12-13-19(28)29)21(30)27-18(23(32)33)11-10-15-8-6-7-9-16(15)25-5-2/h5-9,14,17-18,20,25H,2,4,10-13,24H2,1,3H3,(H,26,31)(H,27,30)(H,28,29)(H,32,33). The molecule has 0 spiro atoms. The van der Waals surface area contributed by atoms with E-state index in [-0.39, 0.29) is 25.2 Å². The second-order valence-electron chi connectivity index (χ2n) is 7.85. The minimum absolute atomic E-state index is 0.0862. The van der Waals surface area contributed by atoms with Crippen molar-refractivity contribution in [3.8, 4) is 0 Å². The van der Waals surface area contributed by atoms with E-state index in [4.69, 9.17) is 10.8 Å². The van der Waals surface area contributed by atoms with Gasteiger partial charge in [-0.25, -0.2) is 4.79 Å². The number of hydrogen-bond acceptors (Lipinski definition) is 6. The Morgan fingerprint density at radius 2 is 1.70 bits per heavy atom. The van der Waals surface area contributed by atoms with Crippen molar-refractivity contribution in [2.24, 2.45) is 11.7 Å². The van der Waals surface area contributed by atoms with Gasteiger partial charge in [-0.05, 0) is 43.0 Å². The number of carboxylic acids is 2. The maximum absolute atomic E-state index is 12.8. The van der Waals surface area contributed by atoms with Crippen LogP contribution in [0.4, 0.5) is 5.69 Å². The molecule has 0 bridgehead atoms. The predicted molar refractivity (Wildman–Crippen MR) is 124 cm³/mol. The van der Waals surface area contributed by atoms with Crippen molar-refractivity contribution in [1.29, 1.82) is 0 Å². The van der Waals surface area contributed by atoms with Gasteiger partial charge >= 0.3 is 11.9 Å². The lowest BCUT2D eigenvalue weighted by Crippen LogP contribution is -2.55. The molecule has 182 valence electrons. The molecule has 0 fully saturated rings. The van der Waals surface area contributed by atoms with Crippen LogP contribution in [0.2, 0.25) is 0 Å². The number of carbonyl (C=O) groups excluding carboxylic acids is 2. The number of rotatable bonds is 15. The summed E-state index contributed by atoms with van der Waals surface area (Å²) in [5.74, 6) is -3.90. The van der Waals surface area contributed by atoms with E-state index in [0.717, 1.165) is 11.3 Å². The minimum atomic E-state index is -1.24. The molecule has 0 saturated heterocycles. The Morgan fingerprint density at radius 3 is 2.27 bits per heavy atom. The number of para-hydroxylation sites is 1. The molecule has 0 aliphatic rings. The largest absolute Gasteiger partial charge is 0.481 e. The number of amides is 2. The smallest absolute Gasteiger partial charge is 0.326 e. The van der Waals surface area contributed by atoms with Gasteiger partial charge in [-0.15, -0.1) is 0 Å². The number of nitrogens with one attached hydrogen (secondary N) is 3. The first kappa shape index (κ1) is 27.6. The third kappa shape index (κ3) is 9.32. The maximum Gasteiger partial charge on any atom is 0.326 e. The SMILES string of the molecule is C=CNc1ccccc1CCC(NC(=O)C(CCC(=O)O)NC(=O)C(N)C(C)CC)C(=O)O. The lowest BCUT2D eigenvalue weighted by molar-refractivity contribution is -0.143. The van der Waals surface area contributed by atoms with Crippen molar-refractivity contribution in [2.75, 3.05) is 5.32 Å². The van der Waals surface area contributed by atoms with Gasteiger partial charge in [0.05, 0.1) is 6.04 Å². The summed E-state index contributed by atoms with van der Waals surface area (Å²) in [6.07, 6.45) is 2.01. The zero-order valence-corrected chi connectivity index (χ0v) is 19.0. The van der Waals surface area contributed by atoms with Crippen LogP contribution < -0.4 is 21.7 Å². The first-order valence-corrected chi connectivity index (χ1v) is 10.9. The maximum atomic E-state index is 12.8. The van der Waals surface area contributed by atoms with E-state index in [9.17, 15) is 24.3 Å². The molecule has 2 amide bonds. The summed E-state index contributed by atoms with van der Waals surface area (Å²) in [4.78, 5) is 48.0. The quantitative estimate of drug-likeness (QED) is 0.227. The summed E-state index contributed by atoms with van der Waals surface area (Å²) in [7, 11) is 0. The van der Waals surface area contributed by atoms with Gasteiger partial charge in [-0.3, -0.25) is 14.4 Å². The van der Waals surface area contributed by atoms with E-state index in [0.29, 0.717) is 12.8 Å². The molecule has 33 heavy (non-hydrogen) atoms. The first-order chi connectivity index (χ1) is 15.6. The third-order valence-electron chi connectivity index (χ3n) is 5.43. The molecule has 0 aliphatic carbocycles. The number of carboxylic acid groups (broad SMARTS) is 2. The Hall–Kier alpha value is -3.40. The molecular formula is C23H34N4O6. The van der Waals surface area contributed by atoms with Crippen molar-refractivity contribution in [2.45, 2.75) is 64.1 Å². The summed E-state index contributed by atoms with van der Waals surface area (Å²) < 4.78 is 0. The average molecular weight is 463 g/mol. The van der Waals surface area contributed by atoms with Crippen molar-refractivity contribution in [1.82, 2.24) is 10.6 Å². The van der Waals surface area contributed by atoms with E-state index < -0.39 is 41.9 Å². The molecule has 0 aliphatic heterocycles. The van der Waals surface area contributed by atoms with Crippen molar-refractivity contribution >= 4 is 29.4 Å². The number of hydrogen-bond donors (Lipinski definition) is 6. The van der Waals surface area contributed by atoms with Crippen molar-refractivity contribution in [3.63, 3.8) is 0 Å². The first-order valence-electron chi connectivity index (χ1n) is 10.9. The highest BCUT2D eigenvalue weighted by Gasteiger charge is 2.29. The van der Waals surface area contributed by atoms with E-state index in [1.54, 1.807) is 6.92 Å². The highest BCUT2D eigenvalue weighted by Crippen LogP contribution is 2.18. The molecule has 4 atom stereocenters. The second kappa shape index (κ2) is 13.9. The molecule has 1 aromatic carbocycles. The molecule has 7 N–H and O–H groups in total. The van der Waals surface area contributed by atoms with Crippen LogP contribution in [0, 0.1) is 5.92 Å². The van der Waals surface area contributed by atoms with Crippen LogP contribution in [0.5, 0.6) is 0 Å². The zero-order chi connectivity index (χ0) is 25.0. The van der Waals surface area contributed by atoms with Crippen LogP contribution in [0.1, 0.15) is 45.1 Å². The predicted octanol–water partition coefficient (Wildman–Crippen LogP) is 1.47. The number of anilines is 1. The fourth-order valence-electron chi connectivity index (χ4n) is 3.14. The van der Waals surface area contributed by atoms with Gasteiger partial charge in [-0.1, -0.05) is 45.0 Å². The van der Waals surface area contributed by atoms with Gasteiger partial charge in [0, 0.05) is 12.1 Å². The molecule has 1 aromatic rings. The Balaban J connectivity index is 2.91. The molecule has 0 radical (unpaired) electrons. The van der Waals surface area contributed by atoms with Crippen LogP contribution >= 0.6 is 0 Å². The van der Waals surface area contributed by atoms with Crippen molar-refractivity contribution < 1.29 is 29.4 Å². The fourth-order valence-corrected chi connectivity index (χ4v) is 3.14. The van der Waals surface area contributed by atoms with Gasteiger partial charge in [0.25, 0.3) is 0 Å². The van der Waals surface area contributed by atoms with Crippen LogP contribution in [0.3, 0.4) is 0 Å². The van der Waals surface area contributed by atoms with E-state index in [2.05, 4.69) is 22.5 Å². The summed E-state index contributed by atoms with van der Waals surface area (Å²) in [5.41, 5.74) is 7.52. The van der Waals surface area contributed by atoms with Crippen molar-refractivity contribution in [3.05, 3.63) is 42.6 Å². The summed E-state index contributed by atoms with van der Waals surface area (Å²) >= 11 is 0. The van der Waals surface area contributed by atoms with Crippen LogP contribution in [0.25, 0.3) is 0 Å². The topological polar surface area (TPSA) is 171 Å². The van der Waals surface area contributed by atoms with Crippen LogP contribution in [-0.2, 0) is 25.6 Å². The lowest BCUT2D eigenvalue weighted by atomic mass is 9.98. The summed E-state index contributed by atoms with van der Waals surface area (Å²) in [6.45, 7) is 7.27. The summed E-state index contributed by atoms with van der Waals surface area (Å²) in [5, 5.41) is 26.5. The molecule has 0 saturated carbocycles. The highest BCUT2D eigenvalue weighted by molar-refractivity contribution is 5.92. The fraction of sp³-hybridized carbons (Fsp3) is 0.478. The highest BCUT2D eigenvalue weighted by atomic mass is 16.4. The molecular weight excluding hydrogens is 428 g/mol. The van der Waals surface area contributed by atoms with Gasteiger partial charge in [0.15, 0.2) is 0 Å². The monoisotopic (exact) mass is 462 g/mol. The Labute approximate surface area is 193 Å². The number of aliphatic carboxylic acids is 2. The second-order valence-corrected chi connectivity index (χ2v) is 7.85. The number of benzene rings is 1. The number of nitrogens with two attached hydrogens (primary N) is 1. The summed E-state index contributed by atoms with van der Waals surface area (Å²) in [6, 6.07) is 3.96. The number of carbonyl (C=O) groups is 4. The molecule has 10 heteroatoms. The van der Waals surface area contributed by atoms with E-state index >= 15 is 0 Å². The third-order valence-corrected chi connectivity index (χ3v) is 5.43. The van der Waals surface area contributed by atoms with E-state index in [1.165, 1.54) is 6.20 Å². The van der Waals surface area contributed by atoms with Crippen LogP contribution in [0.15, 0.2) is 37.0 Å². The van der Waals surface area contributed by atoms with Gasteiger partial charge in [0.2, 0.25) is 11.8 Å². The molecule has 4 unspecified atom stereocenters. The zero-order valence-electron chi connectivity index (χ0n) is 19.0. The minimum Gasteiger partial charge on any atom is -0.481 e. The number of aryl methyl sites for hydroxylation is 1. The normalized spacial score (nSPS) is 14.3. The molecule has 10 nitrogen and oxygen atoms in total. The van der Waals surface area contributed by atoms with E-state index in [1.807, 2.05) is 31.2 Å². The molecule has 0 heterocycles. The molecule has 1 rings (SSSR count).